The van der Waals surface area contributed by atoms with Crippen molar-refractivity contribution in [2.45, 2.75) is 31.5 Å². The van der Waals surface area contributed by atoms with Crippen molar-refractivity contribution in [2.24, 2.45) is 5.41 Å². The second-order valence-electron chi connectivity index (χ2n) is 8.21. The molecule has 7 heteroatoms. The van der Waals surface area contributed by atoms with Gasteiger partial charge in [-0.15, -0.1) is 0 Å². The molecule has 7 nitrogen and oxygen atoms in total. The number of aliphatic hydroxyl groups excluding tert-OH is 2. The Morgan fingerprint density at radius 2 is 1.41 bits per heavy atom. The molecule has 5 N–H and O–H groups in total. The highest BCUT2D eigenvalue weighted by Gasteiger charge is 2.53. The Bertz CT molecular complexity index is 1160. The van der Waals surface area contributed by atoms with Gasteiger partial charge in [0.15, 0.2) is 5.78 Å². The SMILES string of the molecule is C[C@]12Cc3cc(O)c4c(c3[C@H]1C=C[C@@H](O)[C@H]2O)C(=O)c1c(O)ccc(O)c1C4=O. The van der Waals surface area contributed by atoms with E-state index >= 15 is 0 Å². The standard InChI is InChI=1S/C22H18O7/c1-22-7-8-6-13(26)17-18(14(8)9(22)2-3-12(25)21(22)29)20(28)16-11(24)5-4-10(23)15(16)19(17)27/h2-6,9,12,21,23-26,29H,7H2,1H3/t9-,12-,21-,22+/m1/s1. The van der Waals surface area contributed by atoms with Gasteiger partial charge in [0, 0.05) is 16.9 Å². The molecule has 0 unspecified atom stereocenters. The van der Waals surface area contributed by atoms with E-state index in [9.17, 15) is 35.1 Å². The predicted octanol–water partition coefficient (Wildman–Crippen LogP) is 1.52. The Morgan fingerprint density at radius 3 is 2.03 bits per heavy atom. The fourth-order valence-electron chi connectivity index (χ4n) is 5.17. The van der Waals surface area contributed by atoms with Crippen LogP contribution in [0.2, 0.25) is 0 Å². The van der Waals surface area contributed by atoms with Gasteiger partial charge in [-0.3, -0.25) is 9.59 Å². The number of benzene rings is 2. The van der Waals surface area contributed by atoms with E-state index < -0.39 is 52.4 Å². The lowest BCUT2D eigenvalue weighted by molar-refractivity contribution is -0.0474. The largest absolute Gasteiger partial charge is 0.507 e. The van der Waals surface area contributed by atoms with Crippen LogP contribution in [0.25, 0.3) is 0 Å². The molecule has 3 aliphatic carbocycles. The van der Waals surface area contributed by atoms with Crippen LogP contribution >= 0.6 is 0 Å². The monoisotopic (exact) mass is 394 g/mol. The first-order chi connectivity index (χ1) is 13.7. The lowest BCUT2D eigenvalue weighted by atomic mass is 9.67. The van der Waals surface area contributed by atoms with E-state index in [1.807, 2.05) is 0 Å². The summed E-state index contributed by atoms with van der Waals surface area (Å²) in [5.74, 6) is -3.18. The molecule has 29 heavy (non-hydrogen) atoms. The first kappa shape index (κ1) is 17.9. The summed E-state index contributed by atoms with van der Waals surface area (Å²) < 4.78 is 0. The number of phenolic OH excluding ortho intramolecular Hbond substituents is 3. The Kier molecular flexibility index (Phi) is 3.37. The van der Waals surface area contributed by atoms with Gasteiger partial charge in [-0.2, -0.15) is 0 Å². The van der Waals surface area contributed by atoms with Crippen LogP contribution in [0.4, 0.5) is 0 Å². The molecule has 0 amide bonds. The van der Waals surface area contributed by atoms with Gasteiger partial charge >= 0.3 is 0 Å². The third-order valence-corrected chi connectivity index (χ3v) is 6.59. The summed E-state index contributed by atoms with van der Waals surface area (Å²) in [6.07, 6.45) is 1.29. The summed E-state index contributed by atoms with van der Waals surface area (Å²) in [6, 6.07) is 3.66. The highest BCUT2D eigenvalue weighted by atomic mass is 16.3. The van der Waals surface area contributed by atoms with Gasteiger partial charge in [-0.25, -0.2) is 0 Å². The number of allylic oxidation sites excluding steroid dienone is 1. The third-order valence-electron chi connectivity index (χ3n) is 6.59. The molecule has 0 radical (unpaired) electrons. The van der Waals surface area contributed by atoms with Crippen molar-refractivity contribution >= 4 is 11.6 Å². The van der Waals surface area contributed by atoms with Gasteiger partial charge in [0.25, 0.3) is 0 Å². The fourth-order valence-corrected chi connectivity index (χ4v) is 5.17. The zero-order valence-electron chi connectivity index (χ0n) is 15.4. The first-order valence-electron chi connectivity index (χ1n) is 9.24. The maximum Gasteiger partial charge on any atom is 0.202 e. The highest BCUT2D eigenvalue weighted by Crippen LogP contribution is 2.56. The number of rotatable bonds is 0. The van der Waals surface area contributed by atoms with E-state index in [1.54, 1.807) is 13.0 Å². The van der Waals surface area contributed by atoms with Gasteiger partial charge in [-0.05, 0) is 35.7 Å². The Hall–Kier alpha value is -3.16. The molecule has 0 saturated heterocycles. The average molecular weight is 394 g/mol. The molecule has 148 valence electrons. The van der Waals surface area contributed by atoms with Crippen LogP contribution < -0.4 is 0 Å². The van der Waals surface area contributed by atoms with E-state index in [4.69, 9.17) is 0 Å². The van der Waals surface area contributed by atoms with Crippen molar-refractivity contribution in [3.05, 3.63) is 63.7 Å². The zero-order chi connectivity index (χ0) is 20.8. The smallest absolute Gasteiger partial charge is 0.202 e. The summed E-state index contributed by atoms with van der Waals surface area (Å²) in [5.41, 5.74) is -0.633. The number of hydrogen-bond acceptors (Lipinski definition) is 7. The Morgan fingerprint density at radius 1 is 0.862 bits per heavy atom. The highest BCUT2D eigenvalue weighted by molar-refractivity contribution is 6.31. The molecule has 2 aromatic carbocycles. The van der Waals surface area contributed by atoms with Crippen LogP contribution in [0.1, 0.15) is 55.8 Å². The number of phenols is 3. The number of carbonyl (C=O) groups is 2. The van der Waals surface area contributed by atoms with Gasteiger partial charge in [-0.1, -0.05) is 19.1 Å². The fraction of sp³-hybridized carbons (Fsp3) is 0.273. The summed E-state index contributed by atoms with van der Waals surface area (Å²) in [4.78, 5) is 26.5. The molecule has 2 aromatic rings. The van der Waals surface area contributed by atoms with Crippen molar-refractivity contribution in [3.8, 4) is 17.2 Å². The van der Waals surface area contributed by atoms with Gasteiger partial charge < -0.3 is 25.5 Å². The maximum atomic E-state index is 13.4. The number of aromatic hydroxyl groups is 3. The quantitative estimate of drug-likeness (QED) is 0.288. The minimum atomic E-state index is -1.10. The normalized spacial score (nSPS) is 29.3. The molecule has 3 aliphatic rings. The van der Waals surface area contributed by atoms with E-state index in [2.05, 4.69) is 0 Å². The van der Waals surface area contributed by atoms with Gasteiger partial charge in [0.05, 0.1) is 28.9 Å². The summed E-state index contributed by atoms with van der Waals surface area (Å²) in [6.45, 7) is 1.78. The Balaban J connectivity index is 1.83. The van der Waals surface area contributed by atoms with E-state index in [1.165, 1.54) is 12.1 Å². The van der Waals surface area contributed by atoms with Crippen molar-refractivity contribution < 1.29 is 35.1 Å². The average Bonchev–Trinajstić information content (AvgIpc) is 2.96. The second kappa shape index (κ2) is 5.46. The van der Waals surface area contributed by atoms with Crippen LogP contribution in [0.3, 0.4) is 0 Å². The summed E-state index contributed by atoms with van der Waals surface area (Å²) in [7, 11) is 0. The molecule has 0 spiro atoms. The van der Waals surface area contributed by atoms with E-state index in [0.29, 0.717) is 11.1 Å². The Labute approximate surface area is 165 Å². The van der Waals surface area contributed by atoms with E-state index in [-0.39, 0.29) is 28.7 Å². The molecule has 0 fully saturated rings. The topological polar surface area (TPSA) is 135 Å². The molecule has 4 atom stereocenters. The molecule has 0 heterocycles. The van der Waals surface area contributed by atoms with E-state index in [0.717, 1.165) is 12.1 Å². The molecule has 5 rings (SSSR count). The minimum Gasteiger partial charge on any atom is -0.507 e. The van der Waals surface area contributed by atoms with Crippen molar-refractivity contribution in [1.29, 1.82) is 0 Å². The molecule has 0 aromatic heterocycles. The molecular formula is C22H18O7. The van der Waals surface area contributed by atoms with Gasteiger partial charge in [0.1, 0.15) is 17.2 Å². The molecule has 0 bridgehead atoms. The molecule has 0 aliphatic heterocycles. The number of carbonyl (C=O) groups excluding carboxylic acids is 2. The first-order valence-corrected chi connectivity index (χ1v) is 9.24. The minimum absolute atomic E-state index is 0.0274. The predicted molar refractivity (Wildman–Crippen MR) is 100 cm³/mol. The number of aliphatic hydroxyl groups is 2. The van der Waals surface area contributed by atoms with Crippen LogP contribution in [-0.2, 0) is 6.42 Å². The summed E-state index contributed by atoms with van der Waals surface area (Å²) >= 11 is 0. The van der Waals surface area contributed by atoms with Crippen molar-refractivity contribution in [1.82, 2.24) is 0 Å². The molecular weight excluding hydrogens is 376 g/mol. The third kappa shape index (κ3) is 2.03. The number of hydrogen-bond donors (Lipinski definition) is 5. The van der Waals surface area contributed by atoms with Crippen LogP contribution in [0.5, 0.6) is 17.2 Å². The lowest BCUT2D eigenvalue weighted by Gasteiger charge is -2.40. The molecule has 0 saturated carbocycles. The van der Waals surface area contributed by atoms with Crippen LogP contribution in [-0.4, -0.2) is 49.3 Å². The van der Waals surface area contributed by atoms with Crippen LogP contribution in [0.15, 0.2) is 30.4 Å². The van der Waals surface area contributed by atoms with Crippen molar-refractivity contribution in [2.75, 3.05) is 0 Å². The van der Waals surface area contributed by atoms with Crippen LogP contribution in [0, 0.1) is 5.41 Å². The number of fused-ring (bicyclic) bond motifs is 6. The lowest BCUT2D eigenvalue weighted by Crippen LogP contribution is -2.45. The van der Waals surface area contributed by atoms with Gasteiger partial charge in [0.2, 0.25) is 5.78 Å². The number of ketones is 2. The second-order valence-corrected chi connectivity index (χ2v) is 8.21. The van der Waals surface area contributed by atoms with Crippen molar-refractivity contribution in [3.63, 3.8) is 0 Å². The summed E-state index contributed by atoms with van der Waals surface area (Å²) in [5, 5.41) is 51.7. The zero-order valence-corrected chi connectivity index (χ0v) is 15.4. The maximum absolute atomic E-state index is 13.4.